The highest BCUT2D eigenvalue weighted by Gasteiger charge is 2.46. The van der Waals surface area contributed by atoms with Crippen LogP contribution in [0, 0.1) is 6.92 Å². The Labute approximate surface area is 175 Å². The Kier molecular flexibility index (Phi) is 5.84. The molecule has 0 aromatic carbocycles. The van der Waals surface area contributed by atoms with Gasteiger partial charge in [0, 0.05) is 32.5 Å². The molecule has 0 unspecified atom stereocenters. The van der Waals surface area contributed by atoms with Gasteiger partial charge in [-0.3, -0.25) is 9.48 Å². The number of aromatic nitrogens is 4. The number of nitrogens with one attached hydrogen (secondary N) is 1. The fourth-order valence-electron chi connectivity index (χ4n) is 3.90. The Bertz CT molecular complexity index is 910. The lowest BCUT2D eigenvalue weighted by Crippen LogP contribution is -2.46. The third-order valence-electron chi connectivity index (χ3n) is 5.59. The molecule has 1 saturated carbocycles. The number of carbonyl (C=O) groups is 1. The first-order valence-electron chi connectivity index (χ1n) is 9.59. The van der Waals surface area contributed by atoms with Gasteiger partial charge in [-0.15, -0.1) is 0 Å². The second-order valence-corrected chi connectivity index (χ2v) is 7.69. The summed E-state index contributed by atoms with van der Waals surface area (Å²) in [5, 5.41) is 7.15. The Morgan fingerprint density at radius 3 is 2.66 bits per heavy atom. The van der Waals surface area contributed by atoms with E-state index >= 15 is 0 Å². The lowest BCUT2D eigenvalue weighted by atomic mass is 9.88. The van der Waals surface area contributed by atoms with Crippen molar-refractivity contribution in [2.75, 3.05) is 17.3 Å². The summed E-state index contributed by atoms with van der Waals surface area (Å²) in [6.45, 7) is 3.83. The van der Waals surface area contributed by atoms with Gasteiger partial charge in [-0.05, 0) is 25.3 Å². The summed E-state index contributed by atoms with van der Waals surface area (Å²) in [5.41, 5.74) is 2.38. The molecule has 1 aliphatic carbocycles. The van der Waals surface area contributed by atoms with Crippen molar-refractivity contribution in [3.05, 3.63) is 29.5 Å². The van der Waals surface area contributed by atoms with E-state index in [1.54, 1.807) is 10.9 Å². The van der Waals surface area contributed by atoms with Gasteiger partial charge in [0.25, 0.3) is 5.92 Å². The maximum Gasteiger partial charge on any atom is 0.252 e. The second-order valence-electron chi connectivity index (χ2n) is 7.69. The minimum atomic E-state index is -2.55. The maximum atomic E-state index is 13.0. The smallest absolute Gasteiger partial charge is 0.252 e. The molecule has 1 N–H and O–H groups in total. The first-order valence-corrected chi connectivity index (χ1v) is 9.59. The number of likely N-dealkylation sites (N-methyl/N-ethyl adjacent to an activating group) is 1. The first-order chi connectivity index (χ1) is 13.3. The average Bonchev–Trinajstić information content (AvgIpc) is 3.08. The molecule has 0 bridgehead atoms. The summed E-state index contributed by atoms with van der Waals surface area (Å²) in [6, 6.07) is -0.456. The minimum Gasteiger partial charge on any atom is -0.346 e. The van der Waals surface area contributed by atoms with Gasteiger partial charge in [-0.25, -0.2) is 18.7 Å². The fourth-order valence-corrected chi connectivity index (χ4v) is 3.90. The molecule has 1 aliphatic heterocycles. The van der Waals surface area contributed by atoms with Crippen molar-refractivity contribution < 1.29 is 13.6 Å². The van der Waals surface area contributed by atoms with Crippen LogP contribution in [0.1, 0.15) is 49.3 Å². The summed E-state index contributed by atoms with van der Waals surface area (Å²) >= 11 is 0. The molecule has 7 nitrogen and oxygen atoms in total. The van der Waals surface area contributed by atoms with Crippen LogP contribution in [0.5, 0.6) is 0 Å². The highest BCUT2D eigenvalue weighted by atomic mass is 32.1. The van der Waals surface area contributed by atoms with Crippen molar-refractivity contribution in [2.45, 2.75) is 64.0 Å². The number of alkyl halides is 2. The highest BCUT2D eigenvalue weighted by Crippen LogP contribution is 2.45. The molecule has 2 aromatic rings. The van der Waals surface area contributed by atoms with Crippen molar-refractivity contribution in [1.29, 1.82) is 0 Å². The van der Waals surface area contributed by atoms with E-state index in [0.717, 1.165) is 17.1 Å². The first kappa shape index (κ1) is 21.5. The van der Waals surface area contributed by atoms with Crippen LogP contribution in [0.25, 0.3) is 0 Å². The molecular weight excluding hydrogens is 398 g/mol. The van der Waals surface area contributed by atoms with E-state index in [4.69, 9.17) is 0 Å². The van der Waals surface area contributed by atoms with Gasteiger partial charge >= 0.3 is 0 Å². The molecule has 0 saturated heterocycles. The number of aryl methyl sites for hydroxylation is 3. The SMILES string of the molecule is CC[C@H]1C(=O)Nc2c(C)nc(CCc3cnn(C4CC(F)(F)C4)c3)nc2N1C.S. The third-order valence-corrected chi connectivity index (χ3v) is 5.59. The predicted molar refractivity (Wildman–Crippen MR) is 111 cm³/mol. The molecule has 158 valence electrons. The average molecular weight is 425 g/mol. The van der Waals surface area contributed by atoms with E-state index in [0.29, 0.717) is 30.8 Å². The number of anilines is 2. The lowest BCUT2D eigenvalue weighted by molar-refractivity contribution is -0.117. The summed E-state index contributed by atoms with van der Waals surface area (Å²) < 4.78 is 27.7. The topological polar surface area (TPSA) is 75.9 Å². The van der Waals surface area contributed by atoms with Crippen LogP contribution in [-0.2, 0) is 17.6 Å². The lowest BCUT2D eigenvalue weighted by Gasteiger charge is -2.34. The fraction of sp³-hybridized carbons (Fsp3) is 0.579. The zero-order valence-electron chi connectivity index (χ0n) is 16.7. The van der Waals surface area contributed by atoms with Crippen LogP contribution < -0.4 is 10.2 Å². The predicted octanol–water partition coefficient (Wildman–Crippen LogP) is 3.02. The Morgan fingerprint density at radius 1 is 1.28 bits per heavy atom. The van der Waals surface area contributed by atoms with E-state index in [1.807, 2.05) is 32.0 Å². The van der Waals surface area contributed by atoms with Crippen LogP contribution in [0.4, 0.5) is 20.3 Å². The molecule has 2 aliphatic rings. The summed E-state index contributed by atoms with van der Waals surface area (Å²) in [7, 11) is 1.88. The molecule has 3 heterocycles. The third kappa shape index (κ3) is 4.08. The number of halogens is 2. The molecule has 0 spiro atoms. The molecular formula is C19H26F2N6OS. The summed E-state index contributed by atoms with van der Waals surface area (Å²) in [5.74, 6) is -1.16. The van der Waals surface area contributed by atoms with Crippen LogP contribution in [0.3, 0.4) is 0 Å². The standard InChI is InChI=1S/C19H24F2N6O.H2S/c1-4-14-18(28)25-16-11(2)23-15(24-17(16)26(14)3)6-5-12-9-22-27(10-12)13-7-19(20,21)8-13;/h9-10,13-14H,4-8H2,1-3H3,(H,25,28);1H2/t14-;/m0./s1. The van der Waals surface area contributed by atoms with Crippen molar-refractivity contribution >= 4 is 30.9 Å². The zero-order chi connectivity index (χ0) is 20.1. The number of rotatable bonds is 5. The van der Waals surface area contributed by atoms with Gasteiger partial charge in [-0.2, -0.15) is 18.6 Å². The van der Waals surface area contributed by atoms with Gasteiger partial charge in [0.1, 0.15) is 17.6 Å². The quantitative estimate of drug-likeness (QED) is 0.799. The molecule has 29 heavy (non-hydrogen) atoms. The molecule has 1 atom stereocenters. The monoisotopic (exact) mass is 424 g/mol. The Balaban J connectivity index is 0.00000240. The number of amides is 1. The maximum absolute atomic E-state index is 13.0. The number of nitrogens with zero attached hydrogens (tertiary/aromatic N) is 5. The van der Waals surface area contributed by atoms with E-state index in [1.165, 1.54) is 0 Å². The zero-order valence-corrected chi connectivity index (χ0v) is 17.7. The molecule has 0 radical (unpaired) electrons. The Hall–Kier alpha value is -2.23. The molecule has 2 aromatic heterocycles. The molecule has 4 rings (SSSR count). The van der Waals surface area contributed by atoms with Crippen LogP contribution in [0.2, 0.25) is 0 Å². The normalized spacial score (nSPS) is 20.5. The van der Waals surface area contributed by atoms with E-state index in [9.17, 15) is 13.6 Å². The molecule has 1 fully saturated rings. The van der Waals surface area contributed by atoms with Gasteiger partial charge in [-0.1, -0.05) is 6.92 Å². The molecule has 1 amide bonds. The summed E-state index contributed by atoms with van der Waals surface area (Å²) in [4.78, 5) is 23.3. The van der Waals surface area contributed by atoms with Gasteiger partial charge < -0.3 is 10.2 Å². The van der Waals surface area contributed by atoms with Gasteiger partial charge in [0.15, 0.2) is 5.82 Å². The van der Waals surface area contributed by atoms with Gasteiger partial charge in [0.05, 0.1) is 17.9 Å². The van der Waals surface area contributed by atoms with Crippen molar-refractivity contribution in [1.82, 2.24) is 19.7 Å². The van der Waals surface area contributed by atoms with Crippen molar-refractivity contribution in [3.63, 3.8) is 0 Å². The second kappa shape index (κ2) is 7.89. The summed E-state index contributed by atoms with van der Waals surface area (Å²) in [6.07, 6.45) is 5.26. The van der Waals surface area contributed by atoms with Crippen LogP contribution >= 0.6 is 13.5 Å². The molecule has 10 heteroatoms. The van der Waals surface area contributed by atoms with Crippen LogP contribution in [-0.4, -0.2) is 44.7 Å². The van der Waals surface area contributed by atoms with Gasteiger partial charge in [0.2, 0.25) is 5.91 Å². The van der Waals surface area contributed by atoms with Crippen molar-refractivity contribution in [2.24, 2.45) is 0 Å². The van der Waals surface area contributed by atoms with Crippen LogP contribution in [0.15, 0.2) is 12.4 Å². The highest BCUT2D eigenvalue weighted by molar-refractivity contribution is 7.59. The number of fused-ring (bicyclic) bond motifs is 1. The number of carbonyl (C=O) groups excluding carboxylic acids is 1. The van der Waals surface area contributed by atoms with Crippen molar-refractivity contribution in [3.8, 4) is 0 Å². The van der Waals surface area contributed by atoms with E-state index < -0.39 is 5.92 Å². The number of hydrogen-bond acceptors (Lipinski definition) is 5. The minimum absolute atomic E-state index is 0. The van der Waals surface area contributed by atoms with E-state index in [2.05, 4.69) is 20.4 Å². The van der Waals surface area contributed by atoms with E-state index in [-0.39, 0.29) is 44.3 Å². The number of hydrogen-bond donors (Lipinski definition) is 1. The largest absolute Gasteiger partial charge is 0.346 e. The Morgan fingerprint density at radius 2 is 2.00 bits per heavy atom.